The van der Waals surface area contributed by atoms with E-state index < -0.39 is 11.6 Å². The molecule has 1 aliphatic heterocycles. The molecule has 1 N–H and O–H groups in total. The highest BCUT2D eigenvalue weighted by Crippen LogP contribution is 2.30. The molecule has 4 heteroatoms. The first kappa shape index (κ1) is 14.0. The van der Waals surface area contributed by atoms with Crippen molar-refractivity contribution in [3.05, 3.63) is 65.2 Å². The summed E-state index contributed by atoms with van der Waals surface area (Å²) in [7, 11) is 1.79. The van der Waals surface area contributed by atoms with Gasteiger partial charge in [0.05, 0.1) is 0 Å². The standard InChI is InChI=1S/C17H17F2NO/c1-20-15(10-12-13(18)6-4-7-14(12)19)17-9-11-5-2-3-8-16(11)21-17/h2-8,15,17,20H,9-10H2,1H3. The van der Waals surface area contributed by atoms with Crippen molar-refractivity contribution in [1.29, 1.82) is 0 Å². The second-order valence-corrected chi connectivity index (χ2v) is 5.27. The first-order valence-electron chi connectivity index (χ1n) is 7.03. The molecule has 0 aliphatic carbocycles. The molecular formula is C17H17F2NO. The molecule has 2 unspecified atom stereocenters. The molecule has 0 bridgehead atoms. The van der Waals surface area contributed by atoms with Crippen LogP contribution in [0, 0.1) is 11.6 Å². The Morgan fingerprint density at radius 3 is 2.52 bits per heavy atom. The fourth-order valence-electron chi connectivity index (χ4n) is 2.80. The summed E-state index contributed by atoms with van der Waals surface area (Å²) in [6.07, 6.45) is 0.886. The maximum absolute atomic E-state index is 13.8. The Balaban J connectivity index is 1.78. The van der Waals surface area contributed by atoms with E-state index >= 15 is 0 Å². The molecule has 2 aromatic rings. The molecule has 1 heterocycles. The van der Waals surface area contributed by atoms with Crippen LogP contribution < -0.4 is 10.1 Å². The van der Waals surface area contributed by atoms with Crippen molar-refractivity contribution in [3.8, 4) is 5.75 Å². The van der Waals surface area contributed by atoms with Gasteiger partial charge in [0.25, 0.3) is 0 Å². The smallest absolute Gasteiger partial charge is 0.129 e. The van der Waals surface area contributed by atoms with Crippen molar-refractivity contribution in [1.82, 2.24) is 5.32 Å². The van der Waals surface area contributed by atoms with Crippen LogP contribution in [0.25, 0.3) is 0 Å². The van der Waals surface area contributed by atoms with Crippen LogP contribution in [-0.2, 0) is 12.8 Å². The van der Waals surface area contributed by atoms with Gasteiger partial charge in [0.2, 0.25) is 0 Å². The van der Waals surface area contributed by atoms with Crippen LogP contribution in [-0.4, -0.2) is 19.2 Å². The van der Waals surface area contributed by atoms with Crippen LogP contribution in [0.15, 0.2) is 42.5 Å². The molecule has 2 aromatic carbocycles. The summed E-state index contributed by atoms with van der Waals surface area (Å²) in [6.45, 7) is 0. The second kappa shape index (κ2) is 5.82. The third-order valence-electron chi connectivity index (χ3n) is 3.98. The minimum absolute atomic E-state index is 0.108. The highest BCUT2D eigenvalue weighted by atomic mass is 19.1. The minimum Gasteiger partial charge on any atom is -0.488 e. The number of nitrogens with one attached hydrogen (secondary N) is 1. The van der Waals surface area contributed by atoms with Crippen LogP contribution in [0.4, 0.5) is 8.78 Å². The molecular weight excluding hydrogens is 272 g/mol. The molecule has 2 nitrogen and oxygen atoms in total. The van der Waals surface area contributed by atoms with Crippen LogP contribution in [0.5, 0.6) is 5.75 Å². The van der Waals surface area contributed by atoms with Crippen molar-refractivity contribution >= 4 is 0 Å². The van der Waals surface area contributed by atoms with Gasteiger partial charge in [-0.15, -0.1) is 0 Å². The summed E-state index contributed by atoms with van der Waals surface area (Å²) in [5, 5.41) is 3.12. The molecule has 0 spiro atoms. The monoisotopic (exact) mass is 289 g/mol. The Labute approximate surface area is 122 Å². The van der Waals surface area contributed by atoms with Gasteiger partial charge in [-0.05, 0) is 37.2 Å². The Bertz CT molecular complexity index is 599. The molecule has 3 rings (SSSR count). The summed E-state index contributed by atoms with van der Waals surface area (Å²) in [4.78, 5) is 0. The normalized spacial score (nSPS) is 18.1. The average molecular weight is 289 g/mol. The summed E-state index contributed by atoms with van der Waals surface area (Å²) >= 11 is 0. The van der Waals surface area contributed by atoms with Crippen molar-refractivity contribution in [3.63, 3.8) is 0 Å². The SMILES string of the molecule is CNC(Cc1c(F)cccc1F)C1Cc2ccccc2O1. The number of likely N-dealkylation sites (N-methyl/N-ethyl adjacent to an activating group) is 1. The van der Waals surface area contributed by atoms with Gasteiger partial charge in [-0.2, -0.15) is 0 Å². The number of hydrogen-bond acceptors (Lipinski definition) is 2. The fraction of sp³-hybridized carbons (Fsp3) is 0.294. The van der Waals surface area contributed by atoms with Gasteiger partial charge in [-0.3, -0.25) is 0 Å². The van der Waals surface area contributed by atoms with E-state index in [1.807, 2.05) is 24.3 Å². The fourth-order valence-corrected chi connectivity index (χ4v) is 2.80. The minimum atomic E-state index is -0.509. The molecule has 0 aromatic heterocycles. The first-order chi connectivity index (χ1) is 10.2. The topological polar surface area (TPSA) is 21.3 Å². The second-order valence-electron chi connectivity index (χ2n) is 5.27. The Kier molecular flexibility index (Phi) is 3.88. The van der Waals surface area contributed by atoms with Crippen molar-refractivity contribution in [2.75, 3.05) is 7.05 Å². The average Bonchev–Trinajstić information content (AvgIpc) is 2.90. The summed E-state index contributed by atoms with van der Waals surface area (Å²) in [6, 6.07) is 11.6. The molecule has 1 aliphatic rings. The van der Waals surface area contributed by atoms with Gasteiger partial charge in [-0.1, -0.05) is 24.3 Å². The first-order valence-corrected chi connectivity index (χ1v) is 7.03. The lowest BCUT2D eigenvalue weighted by Crippen LogP contribution is -2.42. The van der Waals surface area contributed by atoms with Crippen LogP contribution in [0.2, 0.25) is 0 Å². The summed E-state index contributed by atoms with van der Waals surface area (Å²) in [5.41, 5.74) is 1.24. The number of fused-ring (bicyclic) bond motifs is 1. The number of hydrogen-bond donors (Lipinski definition) is 1. The third kappa shape index (κ3) is 2.76. The summed E-state index contributed by atoms with van der Waals surface area (Å²) in [5.74, 6) is -0.159. The van der Waals surface area contributed by atoms with E-state index in [1.54, 1.807) is 7.05 Å². The number of halogens is 2. The lowest BCUT2D eigenvalue weighted by Gasteiger charge is -2.23. The van der Waals surface area contributed by atoms with E-state index in [1.165, 1.54) is 18.2 Å². The zero-order valence-electron chi connectivity index (χ0n) is 11.8. The lowest BCUT2D eigenvalue weighted by atomic mass is 9.97. The van der Waals surface area contributed by atoms with Crippen LogP contribution in [0.3, 0.4) is 0 Å². The molecule has 0 saturated heterocycles. The summed E-state index contributed by atoms with van der Waals surface area (Å²) < 4.78 is 33.5. The van der Waals surface area contributed by atoms with Gasteiger partial charge in [-0.25, -0.2) is 8.78 Å². The molecule has 0 fully saturated rings. The highest BCUT2D eigenvalue weighted by Gasteiger charge is 2.30. The zero-order chi connectivity index (χ0) is 14.8. The van der Waals surface area contributed by atoms with Crippen LogP contribution in [0.1, 0.15) is 11.1 Å². The van der Waals surface area contributed by atoms with E-state index in [0.717, 1.165) is 17.7 Å². The predicted molar refractivity (Wildman–Crippen MR) is 77.5 cm³/mol. The van der Waals surface area contributed by atoms with E-state index in [0.29, 0.717) is 0 Å². The molecule has 0 radical (unpaired) electrons. The van der Waals surface area contributed by atoms with E-state index in [-0.39, 0.29) is 24.1 Å². The van der Waals surface area contributed by atoms with Gasteiger partial charge in [0.1, 0.15) is 23.5 Å². The zero-order valence-corrected chi connectivity index (χ0v) is 11.8. The predicted octanol–water partition coefficient (Wildman–Crippen LogP) is 3.10. The number of ether oxygens (including phenoxy) is 1. The molecule has 2 atom stereocenters. The van der Waals surface area contributed by atoms with E-state index in [4.69, 9.17) is 4.74 Å². The maximum Gasteiger partial charge on any atom is 0.129 e. The maximum atomic E-state index is 13.8. The van der Waals surface area contributed by atoms with Crippen LogP contribution >= 0.6 is 0 Å². The lowest BCUT2D eigenvalue weighted by molar-refractivity contribution is 0.180. The largest absolute Gasteiger partial charge is 0.488 e. The number of benzene rings is 2. The molecule has 110 valence electrons. The molecule has 0 amide bonds. The molecule has 21 heavy (non-hydrogen) atoms. The van der Waals surface area contributed by atoms with Crippen molar-refractivity contribution in [2.45, 2.75) is 25.0 Å². The Morgan fingerprint density at radius 1 is 1.14 bits per heavy atom. The van der Waals surface area contributed by atoms with Gasteiger partial charge in [0, 0.05) is 18.0 Å². The quantitative estimate of drug-likeness (QED) is 0.934. The van der Waals surface area contributed by atoms with Gasteiger partial charge >= 0.3 is 0 Å². The highest BCUT2D eigenvalue weighted by molar-refractivity contribution is 5.38. The number of para-hydroxylation sites is 1. The van der Waals surface area contributed by atoms with Crippen molar-refractivity contribution in [2.24, 2.45) is 0 Å². The Hall–Kier alpha value is -1.94. The Morgan fingerprint density at radius 2 is 1.86 bits per heavy atom. The van der Waals surface area contributed by atoms with Crippen molar-refractivity contribution < 1.29 is 13.5 Å². The number of rotatable bonds is 4. The van der Waals surface area contributed by atoms with Gasteiger partial charge < -0.3 is 10.1 Å². The van der Waals surface area contributed by atoms with E-state index in [9.17, 15) is 8.78 Å². The molecule has 0 saturated carbocycles. The van der Waals surface area contributed by atoms with Gasteiger partial charge in [0.15, 0.2) is 0 Å². The third-order valence-corrected chi connectivity index (χ3v) is 3.98. The van der Waals surface area contributed by atoms with E-state index in [2.05, 4.69) is 5.32 Å².